The minimum Gasteiger partial charge on any atom is -0.334 e. The fourth-order valence-electron chi connectivity index (χ4n) is 3.58. The van der Waals surface area contributed by atoms with Crippen molar-refractivity contribution in [2.24, 2.45) is 11.8 Å². The molecule has 1 aromatic heterocycles. The van der Waals surface area contributed by atoms with E-state index in [0.717, 1.165) is 30.8 Å². The summed E-state index contributed by atoms with van der Waals surface area (Å²) in [6.07, 6.45) is 0. The molecule has 134 valence electrons. The Bertz CT molecular complexity index is 743. The van der Waals surface area contributed by atoms with E-state index in [1.165, 1.54) is 5.39 Å². The highest BCUT2D eigenvalue weighted by atomic mass is 16.2. The third-order valence-electron chi connectivity index (χ3n) is 5.05. The molecule has 0 unspecified atom stereocenters. The second-order valence-electron chi connectivity index (χ2n) is 7.55. The van der Waals surface area contributed by atoms with Gasteiger partial charge >= 0.3 is 6.03 Å². The second kappa shape index (κ2) is 7.40. The van der Waals surface area contributed by atoms with E-state index in [-0.39, 0.29) is 12.1 Å². The van der Waals surface area contributed by atoms with Crippen LogP contribution < -0.4 is 5.32 Å². The lowest BCUT2D eigenvalue weighted by molar-refractivity contribution is 0.207. The smallest absolute Gasteiger partial charge is 0.317 e. The Kier molecular flexibility index (Phi) is 5.23. The van der Waals surface area contributed by atoms with Gasteiger partial charge in [-0.25, -0.2) is 4.79 Å². The minimum atomic E-state index is -0.0127. The van der Waals surface area contributed by atoms with Crippen LogP contribution in [0.5, 0.6) is 0 Å². The van der Waals surface area contributed by atoms with Crippen molar-refractivity contribution in [2.75, 3.05) is 27.2 Å². The zero-order valence-corrected chi connectivity index (χ0v) is 15.6. The van der Waals surface area contributed by atoms with Crippen molar-refractivity contribution in [1.82, 2.24) is 20.1 Å². The van der Waals surface area contributed by atoms with Crippen molar-refractivity contribution in [3.63, 3.8) is 0 Å². The number of likely N-dealkylation sites (tertiary alicyclic amines) is 1. The molecule has 1 aromatic carbocycles. The SMILES string of the molecule is CC(C)[C@@H]1CN(Cc2ccc3ccccc3n2)C[C@H]1NC(=O)N(C)C. The Morgan fingerprint density at radius 3 is 2.72 bits per heavy atom. The summed E-state index contributed by atoms with van der Waals surface area (Å²) in [6, 6.07) is 12.6. The fourth-order valence-corrected chi connectivity index (χ4v) is 3.58. The summed E-state index contributed by atoms with van der Waals surface area (Å²) in [5, 5.41) is 4.35. The number of nitrogens with zero attached hydrogens (tertiary/aromatic N) is 3. The molecule has 5 heteroatoms. The fraction of sp³-hybridized carbons (Fsp3) is 0.500. The summed E-state index contributed by atoms with van der Waals surface area (Å²) in [4.78, 5) is 20.9. The number of carbonyl (C=O) groups excluding carboxylic acids is 1. The number of pyridine rings is 1. The number of fused-ring (bicyclic) bond motifs is 1. The summed E-state index contributed by atoms with van der Waals surface area (Å²) in [5.74, 6) is 0.992. The van der Waals surface area contributed by atoms with Crippen LogP contribution in [-0.4, -0.2) is 54.0 Å². The van der Waals surface area contributed by atoms with Crippen molar-refractivity contribution < 1.29 is 4.79 Å². The van der Waals surface area contributed by atoms with Gasteiger partial charge in [0.15, 0.2) is 0 Å². The van der Waals surface area contributed by atoms with Crippen LogP contribution in [0.15, 0.2) is 36.4 Å². The maximum Gasteiger partial charge on any atom is 0.317 e. The zero-order valence-electron chi connectivity index (χ0n) is 15.6. The first-order valence-electron chi connectivity index (χ1n) is 8.99. The monoisotopic (exact) mass is 340 g/mol. The van der Waals surface area contributed by atoms with E-state index in [2.05, 4.69) is 48.3 Å². The quantitative estimate of drug-likeness (QED) is 0.931. The molecule has 1 aliphatic rings. The van der Waals surface area contributed by atoms with E-state index >= 15 is 0 Å². The third-order valence-corrected chi connectivity index (χ3v) is 5.05. The average molecular weight is 340 g/mol. The number of rotatable bonds is 4. The van der Waals surface area contributed by atoms with Crippen LogP contribution in [0.3, 0.4) is 0 Å². The predicted octanol–water partition coefficient (Wildman–Crippen LogP) is 2.96. The van der Waals surface area contributed by atoms with E-state index in [4.69, 9.17) is 4.98 Å². The first-order valence-corrected chi connectivity index (χ1v) is 8.99. The third kappa shape index (κ3) is 4.10. The molecule has 0 spiro atoms. The minimum absolute atomic E-state index is 0.0127. The van der Waals surface area contributed by atoms with Crippen LogP contribution in [-0.2, 0) is 6.54 Å². The number of benzene rings is 1. The summed E-state index contributed by atoms with van der Waals surface area (Å²) in [7, 11) is 3.57. The Labute approximate surface area is 150 Å². The Morgan fingerprint density at radius 2 is 2.00 bits per heavy atom. The molecule has 0 bridgehead atoms. The standard InChI is InChI=1S/C20H28N4O/c1-14(2)17-12-24(13-19(17)22-20(25)23(3)4)11-16-10-9-15-7-5-6-8-18(15)21-16/h5-10,14,17,19H,11-13H2,1-4H3,(H,22,25)/t17-,19+/m0/s1. The molecule has 0 aliphatic carbocycles. The van der Waals surface area contributed by atoms with E-state index in [1.807, 2.05) is 12.1 Å². The van der Waals surface area contributed by atoms with Gasteiger partial charge in [0.1, 0.15) is 0 Å². The lowest BCUT2D eigenvalue weighted by Gasteiger charge is -2.24. The van der Waals surface area contributed by atoms with Gasteiger partial charge in [0.25, 0.3) is 0 Å². The van der Waals surface area contributed by atoms with Crippen molar-refractivity contribution in [1.29, 1.82) is 0 Å². The van der Waals surface area contributed by atoms with Gasteiger partial charge < -0.3 is 10.2 Å². The van der Waals surface area contributed by atoms with Crippen molar-refractivity contribution in [2.45, 2.75) is 26.4 Å². The van der Waals surface area contributed by atoms with Crippen molar-refractivity contribution in [3.8, 4) is 0 Å². The number of aromatic nitrogens is 1. The van der Waals surface area contributed by atoms with Gasteiger partial charge in [0.05, 0.1) is 11.2 Å². The summed E-state index contributed by atoms with van der Waals surface area (Å²) in [6.45, 7) is 7.15. The van der Waals surface area contributed by atoms with Gasteiger partial charge in [-0.15, -0.1) is 0 Å². The molecule has 1 N–H and O–H groups in total. The summed E-state index contributed by atoms with van der Waals surface area (Å²) < 4.78 is 0. The highest BCUT2D eigenvalue weighted by Crippen LogP contribution is 2.26. The Morgan fingerprint density at radius 1 is 1.24 bits per heavy atom. The van der Waals surface area contributed by atoms with Crippen LogP contribution in [0.2, 0.25) is 0 Å². The number of amides is 2. The normalized spacial score (nSPS) is 21.0. The molecule has 0 radical (unpaired) electrons. The van der Waals surface area contributed by atoms with Gasteiger partial charge in [-0.2, -0.15) is 0 Å². The Balaban J connectivity index is 1.70. The summed E-state index contributed by atoms with van der Waals surface area (Å²) >= 11 is 0. The number of para-hydroxylation sites is 1. The molecule has 2 amide bonds. The molecule has 2 aromatic rings. The lowest BCUT2D eigenvalue weighted by Crippen LogP contribution is -2.46. The number of hydrogen-bond acceptors (Lipinski definition) is 3. The number of carbonyl (C=O) groups is 1. The van der Waals surface area contributed by atoms with Crippen molar-refractivity contribution >= 4 is 16.9 Å². The van der Waals surface area contributed by atoms with Gasteiger partial charge in [0, 0.05) is 45.2 Å². The topological polar surface area (TPSA) is 48.5 Å². The first-order chi connectivity index (χ1) is 11.9. The van der Waals surface area contributed by atoms with E-state index < -0.39 is 0 Å². The molecule has 1 fully saturated rings. The van der Waals surface area contributed by atoms with E-state index in [9.17, 15) is 4.79 Å². The van der Waals surface area contributed by atoms with Gasteiger partial charge in [-0.1, -0.05) is 38.1 Å². The molecular formula is C20H28N4O. The Hall–Kier alpha value is -2.14. The van der Waals surface area contributed by atoms with Crippen LogP contribution in [0.4, 0.5) is 4.79 Å². The maximum atomic E-state index is 12.1. The van der Waals surface area contributed by atoms with E-state index in [0.29, 0.717) is 11.8 Å². The molecular weight excluding hydrogens is 312 g/mol. The highest BCUT2D eigenvalue weighted by Gasteiger charge is 2.35. The highest BCUT2D eigenvalue weighted by molar-refractivity contribution is 5.78. The molecule has 0 saturated carbocycles. The molecule has 1 aliphatic heterocycles. The molecule has 2 heterocycles. The predicted molar refractivity (Wildman–Crippen MR) is 101 cm³/mol. The maximum absolute atomic E-state index is 12.1. The lowest BCUT2D eigenvalue weighted by atomic mass is 9.91. The van der Waals surface area contributed by atoms with E-state index in [1.54, 1.807) is 19.0 Å². The van der Waals surface area contributed by atoms with Crippen LogP contribution in [0.25, 0.3) is 10.9 Å². The van der Waals surface area contributed by atoms with Gasteiger partial charge in [0.2, 0.25) is 0 Å². The zero-order chi connectivity index (χ0) is 18.0. The van der Waals surface area contributed by atoms with Crippen LogP contribution >= 0.6 is 0 Å². The average Bonchev–Trinajstić information content (AvgIpc) is 2.97. The van der Waals surface area contributed by atoms with Crippen molar-refractivity contribution in [3.05, 3.63) is 42.1 Å². The number of nitrogens with one attached hydrogen (secondary N) is 1. The molecule has 2 atom stereocenters. The number of urea groups is 1. The number of hydrogen-bond donors (Lipinski definition) is 1. The summed E-state index contributed by atoms with van der Waals surface area (Å²) in [5.41, 5.74) is 2.12. The first kappa shape index (κ1) is 17.7. The molecule has 1 saturated heterocycles. The molecule has 3 rings (SSSR count). The molecule has 5 nitrogen and oxygen atoms in total. The largest absolute Gasteiger partial charge is 0.334 e. The van der Waals surface area contributed by atoms with Gasteiger partial charge in [-0.05, 0) is 24.0 Å². The second-order valence-corrected chi connectivity index (χ2v) is 7.55. The molecule has 25 heavy (non-hydrogen) atoms. The van der Waals surface area contributed by atoms with Crippen LogP contribution in [0.1, 0.15) is 19.5 Å². The van der Waals surface area contributed by atoms with Gasteiger partial charge in [-0.3, -0.25) is 9.88 Å². The van der Waals surface area contributed by atoms with Crippen LogP contribution in [0, 0.1) is 11.8 Å².